The second-order valence-corrected chi connectivity index (χ2v) is 2.09. The summed E-state index contributed by atoms with van der Waals surface area (Å²) in [5, 5.41) is 8.06. The van der Waals surface area contributed by atoms with Crippen LogP contribution < -0.4 is 0 Å². The standard InChI is InChI=1S/C4H5ClF4O2/c5-2(6)1-11-3(10)4(7,8)9/h2-3,10H,1H2. The maximum absolute atomic E-state index is 11.6. The highest BCUT2D eigenvalue weighted by Gasteiger charge is 2.39. The minimum absolute atomic E-state index is 0.998. The van der Waals surface area contributed by atoms with Crippen molar-refractivity contribution in [1.29, 1.82) is 0 Å². The lowest BCUT2D eigenvalue weighted by Gasteiger charge is -2.14. The summed E-state index contributed by atoms with van der Waals surface area (Å²) < 4.78 is 49.3. The maximum Gasteiger partial charge on any atom is 0.439 e. The molecule has 0 aromatic heterocycles. The molecule has 0 saturated heterocycles. The van der Waals surface area contributed by atoms with Crippen LogP contribution in [0.4, 0.5) is 17.6 Å². The van der Waals surface area contributed by atoms with E-state index < -0.39 is 24.7 Å². The molecule has 0 heterocycles. The zero-order valence-corrected chi connectivity index (χ0v) is 5.86. The first kappa shape index (κ1) is 10.9. The van der Waals surface area contributed by atoms with Crippen LogP contribution in [-0.4, -0.2) is 29.8 Å². The molecule has 68 valence electrons. The van der Waals surface area contributed by atoms with Crippen LogP contribution in [0.15, 0.2) is 0 Å². The molecule has 0 aliphatic carbocycles. The van der Waals surface area contributed by atoms with Crippen LogP contribution in [-0.2, 0) is 4.74 Å². The number of hydrogen-bond donors (Lipinski definition) is 1. The maximum atomic E-state index is 11.6. The number of hydrogen-bond acceptors (Lipinski definition) is 2. The second-order valence-electron chi connectivity index (χ2n) is 1.62. The molecule has 0 fully saturated rings. The molecular formula is C4H5ClF4O2. The Bertz CT molecular complexity index is 115. The summed E-state index contributed by atoms with van der Waals surface area (Å²) in [6, 6.07) is 0. The lowest BCUT2D eigenvalue weighted by atomic mass is 10.6. The van der Waals surface area contributed by atoms with E-state index in [1.165, 1.54) is 0 Å². The van der Waals surface area contributed by atoms with Gasteiger partial charge in [0.1, 0.15) is 0 Å². The molecule has 0 amide bonds. The van der Waals surface area contributed by atoms with Gasteiger partial charge in [-0.3, -0.25) is 0 Å². The van der Waals surface area contributed by atoms with Gasteiger partial charge in [-0.15, -0.1) is 0 Å². The predicted octanol–water partition coefficient (Wildman–Crippen LogP) is 1.42. The van der Waals surface area contributed by atoms with Gasteiger partial charge in [0, 0.05) is 0 Å². The summed E-state index contributed by atoms with van der Waals surface area (Å²) in [4.78, 5) is 0. The van der Waals surface area contributed by atoms with Crippen LogP contribution in [0.3, 0.4) is 0 Å². The SMILES string of the molecule is OC(OCC(F)Cl)C(F)(F)F. The Labute approximate surface area is 64.7 Å². The van der Waals surface area contributed by atoms with Crippen LogP contribution in [0.5, 0.6) is 0 Å². The smallest absolute Gasteiger partial charge is 0.361 e. The molecule has 0 radical (unpaired) electrons. The lowest BCUT2D eigenvalue weighted by molar-refractivity contribution is -0.294. The van der Waals surface area contributed by atoms with Crippen LogP contribution >= 0.6 is 11.6 Å². The quantitative estimate of drug-likeness (QED) is 0.420. The fourth-order valence-corrected chi connectivity index (χ4v) is 0.331. The summed E-state index contributed by atoms with van der Waals surface area (Å²) in [5.41, 5.74) is -2.05. The van der Waals surface area contributed by atoms with Gasteiger partial charge in [0.25, 0.3) is 6.29 Å². The predicted molar refractivity (Wildman–Crippen MR) is 28.8 cm³/mol. The Morgan fingerprint density at radius 1 is 1.45 bits per heavy atom. The van der Waals surface area contributed by atoms with E-state index in [1.807, 2.05) is 0 Å². The molecule has 7 heteroatoms. The van der Waals surface area contributed by atoms with E-state index in [0.717, 1.165) is 0 Å². The van der Waals surface area contributed by atoms with Crippen LogP contribution in [0.1, 0.15) is 0 Å². The summed E-state index contributed by atoms with van der Waals surface area (Å²) in [6.07, 6.45) is -7.87. The first-order chi connectivity index (χ1) is 4.84. The van der Waals surface area contributed by atoms with E-state index in [4.69, 9.17) is 5.11 Å². The number of aliphatic hydroxyl groups is 1. The third kappa shape index (κ3) is 5.23. The van der Waals surface area contributed by atoms with Crippen molar-refractivity contribution < 1.29 is 27.4 Å². The minimum Gasteiger partial charge on any atom is -0.361 e. The Morgan fingerprint density at radius 2 is 1.91 bits per heavy atom. The van der Waals surface area contributed by atoms with Crippen molar-refractivity contribution in [2.24, 2.45) is 0 Å². The van der Waals surface area contributed by atoms with E-state index in [0.29, 0.717) is 0 Å². The average molecular weight is 197 g/mol. The van der Waals surface area contributed by atoms with Crippen molar-refractivity contribution in [2.45, 2.75) is 18.1 Å². The van der Waals surface area contributed by atoms with Crippen molar-refractivity contribution in [3.63, 3.8) is 0 Å². The fourth-order valence-electron chi connectivity index (χ4n) is 0.258. The molecule has 2 nitrogen and oxygen atoms in total. The van der Waals surface area contributed by atoms with Crippen molar-refractivity contribution in [3.8, 4) is 0 Å². The zero-order valence-electron chi connectivity index (χ0n) is 5.11. The summed E-state index contributed by atoms with van der Waals surface area (Å²) in [7, 11) is 0. The number of ether oxygens (including phenoxy) is 1. The molecule has 0 aromatic carbocycles. The number of alkyl halides is 5. The van der Waals surface area contributed by atoms with Crippen LogP contribution in [0.25, 0.3) is 0 Å². The number of aliphatic hydroxyl groups excluding tert-OH is 1. The van der Waals surface area contributed by atoms with E-state index >= 15 is 0 Å². The van der Waals surface area contributed by atoms with Gasteiger partial charge in [-0.1, -0.05) is 11.6 Å². The Morgan fingerprint density at radius 3 is 2.18 bits per heavy atom. The normalized spacial score (nSPS) is 18.0. The first-order valence-corrected chi connectivity index (χ1v) is 2.92. The van der Waals surface area contributed by atoms with Crippen LogP contribution in [0.2, 0.25) is 0 Å². The van der Waals surface area contributed by atoms with E-state index in [1.54, 1.807) is 0 Å². The number of halogens is 5. The molecular weight excluding hydrogens is 191 g/mol. The van der Waals surface area contributed by atoms with Gasteiger partial charge in [0.05, 0.1) is 6.61 Å². The molecule has 0 aliphatic heterocycles. The molecule has 2 unspecified atom stereocenters. The summed E-state index contributed by atoms with van der Waals surface area (Å²) in [6.45, 7) is -0.998. The Balaban J connectivity index is 3.61. The molecule has 11 heavy (non-hydrogen) atoms. The fraction of sp³-hybridized carbons (Fsp3) is 1.00. The Kier molecular flexibility index (Phi) is 4.05. The van der Waals surface area contributed by atoms with E-state index in [2.05, 4.69) is 16.3 Å². The first-order valence-electron chi connectivity index (χ1n) is 2.48. The third-order valence-corrected chi connectivity index (χ3v) is 0.786. The molecule has 0 bridgehead atoms. The van der Waals surface area contributed by atoms with Gasteiger partial charge in [0.2, 0.25) is 0 Å². The lowest BCUT2D eigenvalue weighted by Crippen LogP contribution is -2.32. The van der Waals surface area contributed by atoms with Gasteiger partial charge < -0.3 is 9.84 Å². The highest BCUT2D eigenvalue weighted by Crippen LogP contribution is 2.21. The minimum atomic E-state index is -4.90. The van der Waals surface area contributed by atoms with E-state index in [9.17, 15) is 17.6 Å². The molecule has 0 saturated carbocycles. The third-order valence-electron chi connectivity index (χ3n) is 0.660. The number of rotatable bonds is 3. The van der Waals surface area contributed by atoms with Gasteiger partial charge in [-0.2, -0.15) is 13.2 Å². The van der Waals surface area contributed by atoms with Gasteiger partial charge in [-0.05, 0) is 0 Å². The molecule has 0 aliphatic rings. The summed E-state index contributed by atoms with van der Waals surface area (Å²) in [5.74, 6) is 0. The molecule has 0 rings (SSSR count). The van der Waals surface area contributed by atoms with Gasteiger partial charge in [-0.25, -0.2) is 4.39 Å². The average Bonchev–Trinajstić information content (AvgIpc) is 1.80. The highest BCUT2D eigenvalue weighted by molar-refractivity contribution is 6.19. The van der Waals surface area contributed by atoms with Crippen molar-refractivity contribution >= 4 is 11.6 Å². The van der Waals surface area contributed by atoms with Gasteiger partial charge >= 0.3 is 6.18 Å². The van der Waals surface area contributed by atoms with Crippen molar-refractivity contribution in [2.75, 3.05) is 6.61 Å². The second kappa shape index (κ2) is 4.08. The van der Waals surface area contributed by atoms with Crippen LogP contribution in [0, 0.1) is 0 Å². The molecule has 0 aromatic rings. The van der Waals surface area contributed by atoms with Gasteiger partial charge in [0.15, 0.2) is 5.63 Å². The van der Waals surface area contributed by atoms with E-state index in [-0.39, 0.29) is 0 Å². The molecule has 2 atom stereocenters. The zero-order chi connectivity index (χ0) is 9.07. The highest BCUT2D eigenvalue weighted by atomic mass is 35.5. The topological polar surface area (TPSA) is 29.5 Å². The monoisotopic (exact) mass is 196 g/mol. The van der Waals surface area contributed by atoms with Crippen molar-refractivity contribution in [3.05, 3.63) is 0 Å². The largest absolute Gasteiger partial charge is 0.439 e. The summed E-state index contributed by atoms with van der Waals surface area (Å²) >= 11 is 4.60. The van der Waals surface area contributed by atoms with Crippen molar-refractivity contribution in [1.82, 2.24) is 0 Å². The Hall–Kier alpha value is -0.0700. The molecule has 0 spiro atoms. The molecule has 1 N–H and O–H groups in total.